The maximum Gasteiger partial charge on any atom is 0.334 e. The Bertz CT molecular complexity index is 164. The van der Waals surface area contributed by atoms with Gasteiger partial charge in [0.2, 0.25) is 0 Å². The molecule has 0 aromatic carbocycles. The Morgan fingerprint density at radius 3 is 2.50 bits per heavy atom. The zero-order valence-corrected chi connectivity index (χ0v) is 7.35. The Morgan fingerprint density at radius 2 is 2.00 bits per heavy atom. The van der Waals surface area contributed by atoms with Crippen molar-refractivity contribution < 1.29 is 18.0 Å². The first-order valence-corrected chi connectivity index (χ1v) is 3.79. The molecule has 0 aliphatic heterocycles. The minimum absolute atomic E-state index is 0.0627. The van der Waals surface area contributed by atoms with Gasteiger partial charge in [0.15, 0.2) is 0 Å². The van der Waals surface area contributed by atoms with E-state index in [4.69, 9.17) is 5.73 Å². The Kier molecular flexibility index (Phi) is 6.44. The number of hydrogen-bond acceptors (Lipinski definition) is 7. The first kappa shape index (κ1) is 11.2. The highest BCUT2D eigenvalue weighted by Gasteiger charge is 2.05. The number of nitrogens with one attached hydrogen (secondary N) is 1. The van der Waals surface area contributed by atoms with Gasteiger partial charge in [-0.1, -0.05) is 0 Å². The fourth-order valence-electron chi connectivity index (χ4n) is 0.301. The largest absolute Gasteiger partial charge is 0.353 e. The van der Waals surface area contributed by atoms with Crippen LogP contribution in [0.5, 0.6) is 0 Å². The highest BCUT2D eigenvalue weighted by atomic mass is 32.2. The van der Waals surface area contributed by atoms with E-state index in [0.29, 0.717) is 12.3 Å². The van der Waals surface area contributed by atoms with E-state index in [0.717, 1.165) is 0 Å². The molecule has 0 fully saturated rings. The van der Waals surface area contributed by atoms with Crippen molar-refractivity contribution in [3.05, 3.63) is 0 Å². The van der Waals surface area contributed by atoms with E-state index < -0.39 is 11.9 Å². The van der Waals surface area contributed by atoms with Crippen molar-refractivity contribution in [1.29, 1.82) is 0 Å². The molecule has 12 heavy (non-hydrogen) atoms. The molecule has 0 amide bonds. The average Bonchev–Trinajstić information content (AvgIpc) is 2.04. The van der Waals surface area contributed by atoms with Crippen molar-refractivity contribution in [2.45, 2.75) is 0 Å². The molecule has 0 bridgehead atoms. The second kappa shape index (κ2) is 6.89. The molecule has 0 aliphatic rings. The van der Waals surface area contributed by atoms with Crippen LogP contribution in [0.25, 0.3) is 0 Å². The van der Waals surface area contributed by atoms with Gasteiger partial charge in [-0.3, -0.25) is 0 Å². The molecule has 0 rings (SSSR count). The van der Waals surface area contributed by atoms with Crippen LogP contribution in [0.2, 0.25) is 0 Å². The third kappa shape index (κ3) is 5.96. The van der Waals surface area contributed by atoms with E-state index in [2.05, 4.69) is 13.7 Å². The number of carbonyl (C=O) groups excluding carboxylic acids is 2. The monoisotopic (exact) mass is 194 g/mol. The summed E-state index contributed by atoms with van der Waals surface area (Å²) in [6.45, 7) is -0.177. The van der Waals surface area contributed by atoms with Gasteiger partial charge in [0.1, 0.15) is 0 Å². The molecule has 0 aromatic heterocycles. The van der Waals surface area contributed by atoms with Crippen LogP contribution in [0.4, 0.5) is 0 Å². The SMILES string of the molecule is CNCC(=O)OSOC(=O)CN. The second-order valence-electron chi connectivity index (χ2n) is 1.71. The molecule has 0 aliphatic carbocycles. The van der Waals surface area contributed by atoms with E-state index in [1.807, 2.05) is 0 Å². The lowest BCUT2D eigenvalue weighted by Crippen LogP contribution is -2.20. The first-order chi connectivity index (χ1) is 5.70. The molecule has 0 saturated heterocycles. The molecular weight excluding hydrogens is 184 g/mol. The Balaban J connectivity index is 3.30. The molecule has 0 heterocycles. The van der Waals surface area contributed by atoms with E-state index in [-0.39, 0.29) is 13.1 Å². The van der Waals surface area contributed by atoms with Gasteiger partial charge < -0.3 is 19.4 Å². The summed E-state index contributed by atoms with van der Waals surface area (Å²) in [4.78, 5) is 21.0. The predicted molar refractivity (Wildman–Crippen MR) is 42.8 cm³/mol. The molecule has 0 unspecified atom stereocenters. The fraction of sp³-hybridized carbons (Fsp3) is 0.600. The van der Waals surface area contributed by atoms with Crippen LogP contribution in [0.1, 0.15) is 0 Å². The summed E-state index contributed by atoms with van der Waals surface area (Å²) in [5.74, 6) is -1.16. The van der Waals surface area contributed by atoms with Gasteiger partial charge in [0.25, 0.3) is 12.3 Å². The van der Waals surface area contributed by atoms with E-state index in [9.17, 15) is 9.59 Å². The van der Waals surface area contributed by atoms with Crippen LogP contribution in [-0.2, 0) is 18.0 Å². The summed E-state index contributed by atoms with van der Waals surface area (Å²) >= 11 is 0.315. The Morgan fingerprint density at radius 1 is 1.42 bits per heavy atom. The lowest BCUT2D eigenvalue weighted by molar-refractivity contribution is -0.134. The van der Waals surface area contributed by atoms with Crippen LogP contribution in [0.3, 0.4) is 0 Å². The van der Waals surface area contributed by atoms with Gasteiger partial charge in [-0.25, -0.2) is 9.59 Å². The van der Waals surface area contributed by atoms with E-state index in [1.54, 1.807) is 7.05 Å². The summed E-state index contributed by atoms with van der Waals surface area (Å²) in [7, 11) is 1.60. The van der Waals surface area contributed by atoms with Gasteiger partial charge in [0.05, 0.1) is 13.1 Å². The summed E-state index contributed by atoms with van der Waals surface area (Å²) in [5.41, 5.74) is 4.91. The number of hydrogen-bond donors (Lipinski definition) is 2. The summed E-state index contributed by atoms with van der Waals surface area (Å²) in [6, 6.07) is 0. The van der Waals surface area contributed by atoms with Crippen molar-refractivity contribution in [2.75, 3.05) is 20.1 Å². The molecule has 0 aromatic rings. The van der Waals surface area contributed by atoms with Crippen molar-refractivity contribution in [1.82, 2.24) is 5.32 Å². The molecule has 0 atom stereocenters. The number of likely N-dealkylation sites (N-methyl/N-ethyl adjacent to an activating group) is 1. The lowest BCUT2D eigenvalue weighted by Gasteiger charge is -1.99. The maximum absolute atomic E-state index is 10.6. The Labute approximate surface area is 74.2 Å². The molecule has 0 spiro atoms. The van der Waals surface area contributed by atoms with Crippen LogP contribution >= 0.6 is 12.3 Å². The molecule has 7 heteroatoms. The number of nitrogens with two attached hydrogens (primary N) is 1. The van der Waals surface area contributed by atoms with E-state index in [1.165, 1.54) is 0 Å². The van der Waals surface area contributed by atoms with Crippen LogP contribution in [-0.4, -0.2) is 32.1 Å². The smallest absolute Gasteiger partial charge is 0.334 e. The molecular formula is C5H10N2O4S. The van der Waals surface area contributed by atoms with Gasteiger partial charge in [-0.05, 0) is 7.05 Å². The van der Waals surface area contributed by atoms with Crippen LogP contribution in [0, 0.1) is 0 Å². The minimum atomic E-state index is -0.641. The summed E-state index contributed by atoms with van der Waals surface area (Å²) < 4.78 is 8.66. The summed E-state index contributed by atoms with van der Waals surface area (Å²) in [6.07, 6.45) is 0. The standard InChI is InChI=1S/C5H10N2O4S/c1-7-3-5(9)11-12-10-4(8)2-6/h7H,2-3,6H2,1H3. The third-order valence-corrected chi connectivity index (χ3v) is 1.25. The van der Waals surface area contributed by atoms with Crippen molar-refractivity contribution in [3.63, 3.8) is 0 Å². The highest BCUT2D eigenvalue weighted by Crippen LogP contribution is 2.03. The second-order valence-corrected chi connectivity index (χ2v) is 2.18. The van der Waals surface area contributed by atoms with Crippen molar-refractivity contribution >= 4 is 24.3 Å². The molecule has 0 radical (unpaired) electrons. The number of rotatable bonds is 5. The zero-order chi connectivity index (χ0) is 9.40. The maximum atomic E-state index is 10.6. The first-order valence-electron chi connectivity index (χ1n) is 3.12. The van der Waals surface area contributed by atoms with Crippen LogP contribution in [0.15, 0.2) is 0 Å². The normalized spacial score (nSPS) is 9.17. The molecule has 6 nitrogen and oxygen atoms in total. The zero-order valence-electron chi connectivity index (χ0n) is 6.53. The van der Waals surface area contributed by atoms with E-state index >= 15 is 0 Å². The van der Waals surface area contributed by atoms with Crippen LogP contribution < -0.4 is 11.1 Å². The summed E-state index contributed by atoms with van der Waals surface area (Å²) in [5, 5.41) is 2.57. The van der Waals surface area contributed by atoms with Gasteiger partial charge in [-0.2, -0.15) is 0 Å². The molecule has 3 N–H and O–H groups in total. The van der Waals surface area contributed by atoms with Gasteiger partial charge in [-0.15, -0.1) is 0 Å². The van der Waals surface area contributed by atoms with Crippen molar-refractivity contribution in [2.24, 2.45) is 5.73 Å². The minimum Gasteiger partial charge on any atom is -0.353 e. The quantitative estimate of drug-likeness (QED) is 0.532. The lowest BCUT2D eigenvalue weighted by atomic mass is 10.7. The number of carbonyl (C=O) groups is 2. The topological polar surface area (TPSA) is 90.6 Å². The average molecular weight is 194 g/mol. The molecule has 0 saturated carbocycles. The van der Waals surface area contributed by atoms with Gasteiger partial charge >= 0.3 is 11.9 Å². The fourth-order valence-corrected chi connectivity index (χ4v) is 0.613. The molecule has 70 valence electrons. The predicted octanol–water partition coefficient (Wildman–Crippen LogP) is -1.19. The Hall–Kier alpha value is -0.790. The van der Waals surface area contributed by atoms with Crippen molar-refractivity contribution in [3.8, 4) is 0 Å². The highest BCUT2D eigenvalue weighted by molar-refractivity contribution is 7.90. The van der Waals surface area contributed by atoms with Gasteiger partial charge in [0, 0.05) is 0 Å². The third-order valence-electron chi connectivity index (χ3n) is 0.742.